The van der Waals surface area contributed by atoms with Gasteiger partial charge in [-0.1, -0.05) is 5.16 Å². The zero-order chi connectivity index (χ0) is 17.1. The molecule has 7 nitrogen and oxygen atoms in total. The number of halogens is 1. The van der Waals surface area contributed by atoms with Crippen molar-refractivity contribution in [1.82, 2.24) is 25.2 Å². The van der Waals surface area contributed by atoms with E-state index >= 15 is 0 Å². The van der Waals surface area contributed by atoms with E-state index < -0.39 is 0 Å². The van der Waals surface area contributed by atoms with Crippen molar-refractivity contribution in [2.24, 2.45) is 0 Å². The number of nitrogens with one attached hydrogen (secondary N) is 1. The van der Waals surface area contributed by atoms with Crippen LogP contribution in [0.25, 0.3) is 17.3 Å². The minimum absolute atomic E-state index is 0.205. The van der Waals surface area contributed by atoms with Crippen LogP contribution in [-0.2, 0) is 6.42 Å². The molecule has 0 bridgehead atoms. The third kappa shape index (κ3) is 3.38. The van der Waals surface area contributed by atoms with Crippen LogP contribution in [0, 0.1) is 5.82 Å². The summed E-state index contributed by atoms with van der Waals surface area (Å²) >= 11 is 0. The van der Waals surface area contributed by atoms with E-state index in [0.717, 1.165) is 4.68 Å². The standard InChI is InChI=1S/C16H16FN5O2/c1-10(18-2)9-14-19-16(24-21-14)13-7-8-15(23)22(20-13)12-5-3-11(17)4-6-12/h3-8,10,18H,9H2,1-2H3. The van der Waals surface area contributed by atoms with Crippen molar-refractivity contribution in [1.29, 1.82) is 0 Å². The maximum Gasteiger partial charge on any atom is 0.278 e. The molecule has 2 aromatic heterocycles. The molecule has 0 saturated carbocycles. The van der Waals surface area contributed by atoms with E-state index in [1.807, 2.05) is 14.0 Å². The molecule has 0 aliphatic rings. The van der Waals surface area contributed by atoms with E-state index in [2.05, 4.69) is 20.6 Å². The molecule has 1 unspecified atom stereocenters. The fourth-order valence-electron chi connectivity index (χ4n) is 2.11. The molecule has 1 aromatic carbocycles. The normalized spacial score (nSPS) is 12.3. The lowest BCUT2D eigenvalue weighted by Crippen LogP contribution is -2.24. The molecule has 8 heteroatoms. The molecule has 0 aliphatic carbocycles. The molecule has 1 atom stereocenters. The van der Waals surface area contributed by atoms with Crippen LogP contribution in [-0.4, -0.2) is 33.0 Å². The Hall–Kier alpha value is -2.87. The van der Waals surface area contributed by atoms with Crippen LogP contribution in [0.1, 0.15) is 12.7 Å². The van der Waals surface area contributed by atoms with Crippen molar-refractivity contribution in [3.05, 3.63) is 58.4 Å². The van der Waals surface area contributed by atoms with E-state index in [4.69, 9.17) is 4.52 Å². The quantitative estimate of drug-likeness (QED) is 0.765. The summed E-state index contributed by atoms with van der Waals surface area (Å²) in [4.78, 5) is 16.3. The molecule has 0 radical (unpaired) electrons. The van der Waals surface area contributed by atoms with E-state index in [1.54, 1.807) is 0 Å². The summed E-state index contributed by atoms with van der Waals surface area (Å²) < 4.78 is 19.4. The van der Waals surface area contributed by atoms with Gasteiger partial charge < -0.3 is 9.84 Å². The smallest absolute Gasteiger partial charge is 0.278 e. The number of nitrogens with zero attached hydrogens (tertiary/aromatic N) is 4. The van der Waals surface area contributed by atoms with Crippen LogP contribution in [0.5, 0.6) is 0 Å². The molecule has 0 spiro atoms. The minimum atomic E-state index is -0.386. The Balaban J connectivity index is 1.94. The third-order valence-electron chi connectivity index (χ3n) is 3.54. The third-order valence-corrected chi connectivity index (χ3v) is 3.54. The second-order valence-electron chi connectivity index (χ2n) is 5.35. The SMILES string of the molecule is CNC(C)Cc1noc(-c2ccc(=O)n(-c3ccc(F)cc3)n2)n1. The fraction of sp³-hybridized carbons (Fsp3) is 0.250. The van der Waals surface area contributed by atoms with Crippen LogP contribution in [0.3, 0.4) is 0 Å². The van der Waals surface area contributed by atoms with E-state index in [1.165, 1.54) is 36.4 Å². The summed E-state index contributed by atoms with van der Waals surface area (Å²) in [5.41, 5.74) is 0.482. The van der Waals surface area contributed by atoms with E-state index in [9.17, 15) is 9.18 Å². The Labute approximate surface area is 137 Å². The second kappa shape index (κ2) is 6.71. The zero-order valence-electron chi connectivity index (χ0n) is 13.2. The molecule has 3 aromatic rings. The average Bonchev–Trinajstić information content (AvgIpc) is 3.04. The molecular weight excluding hydrogens is 313 g/mol. The topological polar surface area (TPSA) is 85.8 Å². The maximum absolute atomic E-state index is 13.0. The molecular formula is C16H16FN5O2. The first kappa shape index (κ1) is 16.0. The van der Waals surface area contributed by atoms with Crippen LogP contribution in [0.15, 0.2) is 45.7 Å². The largest absolute Gasteiger partial charge is 0.332 e. The van der Waals surface area contributed by atoms with Crippen molar-refractivity contribution in [2.75, 3.05) is 7.05 Å². The van der Waals surface area contributed by atoms with Gasteiger partial charge in [-0.15, -0.1) is 0 Å². The van der Waals surface area contributed by atoms with Gasteiger partial charge in [-0.3, -0.25) is 4.79 Å². The highest BCUT2D eigenvalue weighted by atomic mass is 19.1. The predicted molar refractivity (Wildman–Crippen MR) is 85.3 cm³/mol. The number of rotatable bonds is 5. The lowest BCUT2D eigenvalue weighted by molar-refractivity contribution is 0.416. The van der Waals surface area contributed by atoms with Gasteiger partial charge in [0.2, 0.25) is 0 Å². The van der Waals surface area contributed by atoms with Gasteiger partial charge in [0, 0.05) is 18.5 Å². The van der Waals surface area contributed by atoms with E-state index in [-0.39, 0.29) is 23.3 Å². The first-order valence-electron chi connectivity index (χ1n) is 7.43. The van der Waals surface area contributed by atoms with Crippen molar-refractivity contribution < 1.29 is 8.91 Å². The van der Waals surface area contributed by atoms with Crippen molar-refractivity contribution in [3.8, 4) is 17.3 Å². The maximum atomic E-state index is 13.0. The Morgan fingerprint density at radius 3 is 2.71 bits per heavy atom. The van der Waals surface area contributed by atoms with Crippen molar-refractivity contribution in [2.45, 2.75) is 19.4 Å². The Morgan fingerprint density at radius 2 is 2.00 bits per heavy atom. The first-order chi connectivity index (χ1) is 11.6. The highest BCUT2D eigenvalue weighted by Crippen LogP contribution is 2.14. The monoisotopic (exact) mass is 329 g/mol. The fourth-order valence-corrected chi connectivity index (χ4v) is 2.11. The van der Waals surface area contributed by atoms with Crippen LogP contribution in [0.2, 0.25) is 0 Å². The van der Waals surface area contributed by atoms with Gasteiger partial charge in [0.15, 0.2) is 5.82 Å². The van der Waals surface area contributed by atoms with Crippen molar-refractivity contribution in [3.63, 3.8) is 0 Å². The predicted octanol–water partition coefficient (Wildman–Crippen LogP) is 1.57. The highest BCUT2D eigenvalue weighted by molar-refractivity contribution is 5.45. The zero-order valence-corrected chi connectivity index (χ0v) is 13.2. The summed E-state index contributed by atoms with van der Waals surface area (Å²) in [7, 11) is 1.85. The number of likely N-dealkylation sites (N-methyl/N-ethyl adjacent to an activating group) is 1. The molecule has 1 N–H and O–H groups in total. The van der Waals surface area contributed by atoms with Crippen LogP contribution in [0.4, 0.5) is 4.39 Å². The molecule has 124 valence electrons. The summed E-state index contributed by atoms with van der Waals surface area (Å²) in [6, 6.07) is 8.55. The molecule has 0 aliphatic heterocycles. The summed E-state index contributed by atoms with van der Waals surface area (Å²) in [6.07, 6.45) is 0.609. The minimum Gasteiger partial charge on any atom is -0.332 e. The summed E-state index contributed by atoms with van der Waals surface area (Å²) in [5, 5.41) is 11.2. The van der Waals surface area contributed by atoms with Crippen LogP contribution < -0.4 is 10.9 Å². The van der Waals surface area contributed by atoms with Crippen LogP contribution >= 0.6 is 0 Å². The average molecular weight is 329 g/mol. The van der Waals surface area contributed by atoms with E-state index in [0.29, 0.717) is 23.6 Å². The summed E-state index contributed by atoms with van der Waals surface area (Å²) in [5.74, 6) is 0.389. The van der Waals surface area contributed by atoms with Gasteiger partial charge in [0.05, 0.1) is 5.69 Å². The Bertz CT molecular complexity index is 888. The second-order valence-corrected chi connectivity index (χ2v) is 5.35. The number of hydrogen-bond acceptors (Lipinski definition) is 6. The van der Waals surface area contributed by atoms with Gasteiger partial charge in [0.1, 0.15) is 11.5 Å². The molecule has 3 rings (SSSR count). The van der Waals surface area contributed by atoms with Crippen molar-refractivity contribution >= 4 is 0 Å². The highest BCUT2D eigenvalue weighted by Gasteiger charge is 2.14. The van der Waals surface area contributed by atoms with Gasteiger partial charge in [-0.2, -0.15) is 14.8 Å². The molecule has 2 heterocycles. The molecule has 24 heavy (non-hydrogen) atoms. The molecule has 0 saturated heterocycles. The van der Waals surface area contributed by atoms with Gasteiger partial charge in [-0.05, 0) is 44.3 Å². The Kier molecular flexibility index (Phi) is 4.48. The molecule has 0 amide bonds. The van der Waals surface area contributed by atoms with Gasteiger partial charge in [0.25, 0.3) is 11.4 Å². The number of aromatic nitrogens is 4. The summed E-state index contributed by atoms with van der Waals surface area (Å²) in [6.45, 7) is 2.00. The van der Waals surface area contributed by atoms with Gasteiger partial charge >= 0.3 is 0 Å². The lowest BCUT2D eigenvalue weighted by atomic mass is 10.2. The number of benzene rings is 1. The Morgan fingerprint density at radius 1 is 1.25 bits per heavy atom. The first-order valence-corrected chi connectivity index (χ1v) is 7.43. The van der Waals surface area contributed by atoms with Gasteiger partial charge in [-0.25, -0.2) is 4.39 Å². The number of hydrogen-bond donors (Lipinski definition) is 1. The molecule has 0 fully saturated rings. The lowest BCUT2D eigenvalue weighted by Gasteiger charge is -2.05.